The minimum absolute atomic E-state index is 0.106. The molecule has 180 valence electrons. The molecule has 7 nitrogen and oxygen atoms in total. The number of rotatable bonds is 5. The van der Waals surface area contributed by atoms with Gasteiger partial charge < -0.3 is 20.1 Å². The fraction of sp³-hybridized carbons (Fsp3) is 0.333. The van der Waals surface area contributed by atoms with Crippen molar-refractivity contribution in [3.8, 4) is 11.5 Å². The van der Waals surface area contributed by atoms with Gasteiger partial charge in [-0.05, 0) is 48.7 Å². The number of anilines is 2. The third-order valence-corrected chi connectivity index (χ3v) is 6.09. The molecule has 1 aromatic heterocycles. The van der Waals surface area contributed by atoms with Crippen LogP contribution >= 0.6 is 0 Å². The number of aromatic nitrogens is 2. The van der Waals surface area contributed by atoms with Crippen molar-refractivity contribution < 1.29 is 27.4 Å². The standard InChI is InChI=1S/C24H25F3N4O3/c1-13-6-5-7-16(14(13)2)29-23(32)18-12-22-28-17(11-21(24(25,26)27)31(22)30-18)15-8-9-19(33-3)20(10-15)34-4/h5-10,12,17,21,28H,11H2,1-4H3,(H,29,32). The van der Waals surface area contributed by atoms with Gasteiger partial charge in [0.1, 0.15) is 5.82 Å². The highest BCUT2D eigenvalue weighted by atomic mass is 19.4. The van der Waals surface area contributed by atoms with Gasteiger partial charge in [-0.2, -0.15) is 18.3 Å². The smallest absolute Gasteiger partial charge is 0.410 e. The first-order valence-corrected chi connectivity index (χ1v) is 10.6. The molecule has 2 N–H and O–H groups in total. The maximum atomic E-state index is 14.0. The number of nitrogens with one attached hydrogen (secondary N) is 2. The average Bonchev–Trinajstić information content (AvgIpc) is 3.24. The van der Waals surface area contributed by atoms with E-state index < -0.39 is 24.2 Å². The highest BCUT2D eigenvalue weighted by molar-refractivity contribution is 6.03. The SMILES string of the molecule is COc1ccc(C2CC(C(F)(F)F)n3nc(C(=O)Nc4cccc(C)c4C)cc3N2)cc1OC. The lowest BCUT2D eigenvalue weighted by molar-refractivity contribution is -0.173. The Morgan fingerprint density at radius 3 is 2.53 bits per heavy atom. The fourth-order valence-electron chi connectivity index (χ4n) is 4.05. The van der Waals surface area contributed by atoms with Gasteiger partial charge in [-0.25, -0.2) is 4.68 Å². The lowest BCUT2D eigenvalue weighted by Gasteiger charge is -2.33. The molecule has 0 radical (unpaired) electrons. The van der Waals surface area contributed by atoms with Crippen molar-refractivity contribution in [3.05, 3.63) is 64.8 Å². The molecule has 0 aliphatic carbocycles. The van der Waals surface area contributed by atoms with Crippen LogP contribution in [0.4, 0.5) is 24.7 Å². The Balaban J connectivity index is 1.66. The average molecular weight is 474 g/mol. The van der Waals surface area contributed by atoms with Gasteiger partial charge in [0.15, 0.2) is 23.2 Å². The highest BCUT2D eigenvalue weighted by Crippen LogP contribution is 2.44. The summed E-state index contributed by atoms with van der Waals surface area (Å²) in [6.45, 7) is 3.77. The lowest BCUT2D eigenvalue weighted by atomic mass is 9.96. The summed E-state index contributed by atoms with van der Waals surface area (Å²) in [6.07, 6.45) is -4.86. The van der Waals surface area contributed by atoms with E-state index in [4.69, 9.17) is 9.47 Å². The molecular weight excluding hydrogens is 449 g/mol. The minimum Gasteiger partial charge on any atom is -0.493 e. The maximum Gasteiger partial charge on any atom is 0.410 e. The Morgan fingerprint density at radius 1 is 1.12 bits per heavy atom. The molecule has 4 rings (SSSR count). The summed E-state index contributed by atoms with van der Waals surface area (Å²) in [5.41, 5.74) is 2.93. The number of benzene rings is 2. The topological polar surface area (TPSA) is 77.4 Å². The zero-order valence-electron chi connectivity index (χ0n) is 19.2. The number of carbonyl (C=O) groups is 1. The molecule has 3 aromatic rings. The Labute approximate surface area is 194 Å². The quantitative estimate of drug-likeness (QED) is 0.516. The van der Waals surface area contributed by atoms with E-state index in [1.165, 1.54) is 20.3 Å². The van der Waals surface area contributed by atoms with Crippen LogP contribution in [0.1, 0.15) is 45.7 Å². The van der Waals surface area contributed by atoms with Crippen molar-refractivity contribution in [1.29, 1.82) is 0 Å². The van der Waals surface area contributed by atoms with Crippen LogP contribution in [0.25, 0.3) is 0 Å². The highest BCUT2D eigenvalue weighted by Gasteiger charge is 2.47. The number of hydrogen-bond acceptors (Lipinski definition) is 5. The number of nitrogens with zero attached hydrogens (tertiary/aromatic N) is 2. The first kappa shape index (κ1) is 23.5. The van der Waals surface area contributed by atoms with Crippen molar-refractivity contribution in [2.24, 2.45) is 0 Å². The van der Waals surface area contributed by atoms with Gasteiger partial charge in [-0.1, -0.05) is 18.2 Å². The summed E-state index contributed by atoms with van der Waals surface area (Å²) in [4.78, 5) is 12.8. The van der Waals surface area contributed by atoms with Crippen molar-refractivity contribution >= 4 is 17.4 Å². The zero-order valence-corrected chi connectivity index (χ0v) is 19.2. The molecule has 34 heavy (non-hydrogen) atoms. The number of fused-ring (bicyclic) bond motifs is 1. The third kappa shape index (κ3) is 4.40. The van der Waals surface area contributed by atoms with Gasteiger partial charge in [-0.15, -0.1) is 0 Å². The molecule has 0 saturated heterocycles. The van der Waals surface area contributed by atoms with Crippen molar-refractivity contribution in [2.45, 2.75) is 38.5 Å². The second-order valence-corrected chi connectivity index (χ2v) is 8.17. The number of aryl methyl sites for hydroxylation is 1. The van der Waals surface area contributed by atoms with E-state index in [0.717, 1.165) is 15.8 Å². The molecule has 0 spiro atoms. The minimum atomic E-state index is -4.56. The van der Waals surface area contributed by atoms with E-state index >= 15 is 0 Å². The molecule has 0 fully saturated rings. The van der Waals surface area contributed by atoms with Crippen molar-refractivity contribution in [3.63, 3.8) is 0 Å². The van der Waals surface area contributed by atoms with E-state index in [1.54, 1.807) is 30.3 Å². The first-order chi connectivity index (χ1) is 16.1. The summed E-state index contributed by atoms with van der Waals surface area (Å²) < 4.78 is 53.3. The second kappa shape index (κ2) is 8.92. The molecule has 2 heterocycles. The van der Waals surface area contributed by atoms with E-state index in [-0.39, 0.29) is 17.9 Å². The van der Waals surface area contributed by atoms with Gasteiger partial charge >= 0.3 is 6.18 Å². The van der Waals surface area contributed by atoms with Crippen LogP contribution in [-0.4, -0.2) is 36.1 Å². The second-order valence-electron chi connectivity index (χ2n) is 8.17. The molecule has 10 heteroatoms. The van der Waals surface area contributed by atoms with E-state index in [0.29, 0.717) is 22.7 Å². The Kier molecular flexibility index (Phi) is 6.16. The molecule has 1 aliphatic rings. The lowest BCUT2D eigenvalue weighted by Crippen LogP contribution is -2.35. The first-order valence-electron chi connectivity index (χ1n) is 10.6. The zero-order chi connectivity index (χ0) is 24.6. The van der Waals surface area contributed by atoms with Crippen LogP contribution < -0.4 is 20.1 Å². The van der Waals surface area contributed by atoms with Crippen LogP contribution in [0, 0.1) is 13.8 Å². The fourth-order valence-corrected chi connectivity index (χ4v) is 4.05. The summed E-state index contributed by atoms with van der Waals surface area (Å²) in [7, 11) is 2.95. The Bertz CT molecular complexity index is 1220. The Hall–Kier alpha value is -3.69. The van der Waals surface area contributed by atoms with Crippen LogP contribution in [0.5, 0.6) is 11.5 Å². The number of carbonyl (C=O) groups excluding carboxylic acids is 1. The number of methoxy groups -OCH3 is 2. The number of hydrogen-bond donors (Lipinski definition) is 2. The molecule has 2 atom stereocenters. The monoisotopic (exact) mass is 474 g/mol. The summed E-state index contributed by atoms with van der Waals surface area (Å²) >= 11 is 0. The summed E-state index contributed by atoms with van der Waals surface area (Å²) in [5, 5.41) is 9.85. The summed E-state index contributed by atoms with van der Waals surface area (Å²) in [5.74, 6) is 0.420. The van der Waals surface area contributed by atoms with Crippen molar-refractivity contribution in [2.75, 3.05) is 24.9 Å². The number of amides is 1. The maximum absolute atomic E-state index is 14.0. The molecule has 2 aromatic carbocycles. The Morgan fingerprint density at radius 2 is 1.85 bits per heavy atom. The normalized spacial score (nSPS) is 17.5. The van der Waals surface area contributed by atoms with Gasteiger partial charge in [0.25, 0.3) is 5.91 Å². The van der Waals surface area contributed by atoms with Gasteiger partial charge in [0.05, 0.1) is 20.3 Å². The van der Waals surface area contributed by atoms with E-state index in [2.05, 4.69) is 15.7 Å². The molecule has 2 unspecified atom stereocenters. The molecule has 0 saturated carbocycles. The van der Waals surface area contributed by atoms with Gasteiger partial charge in [0.2, 0.25) is 0 Å². The number of ether oxygens (including phenoxy) is 2. The van der Waals surface area contributed by atoms with Gasteiger partial charge in [-0.3, -0.25) is 4.79 Å². The summed E-state index contributed by atoms with van der Waals surface area (Å²) in [6, 6.07) is 9.18. The molecular formula is C24H25F3N4O3. The molecule has 1 amide bonds. The molecule has 0 bridgehead atoms. The van der Waals surface area contributed by atoms with Gasteiger partial charge in [0, 0.05) is 18.2 Å². The third-order valence-electron chi connectivity index (χ3n) is 6.09. The van der Waals surface area contributed by atoms with Crippen LogP contribution in [0.3, 0.4) is 0 Å². The number of alkyl halides is 3. The van der Waals surface area contributed by atoms with Crippen LogP contribution in [0.15, 0.2) is 42.5 Å². The largest absolute Gasteiger partial charge is 0.493 e. The van der Waals surface area contributed by atoms with Crippen LogP contribution in [-0.2, 0) is 0 Å². The molecule has 1 aliphatic heterocycles. The van der Waals surface area contributed by atoms with Crippen molar-refractivity contribution in [1.82, 2.24) is 9.78 Å². The van der Waals surface area contributed by atoms with E-state index in [9.17, 15) is 18.0 Å². The van der Waals surface area contributed by atoms with Crippen LogP contribution in [0.2, 0.25) is 0 Å². The van der Waals surface area contributed by atoms with E-state index in [1.807, 2.05) is 19.9 Å². The predicted molar refractivity (Wildman–Crippen MR) is 122 cm³/mol. The number of halogens is 3. The predicted octanol–water partition coefficient (Wildman–Crippen LogP) is 5.43.